The van der Waals surface area contributed by atoms with Crippen LogP contribution in [0.1, 0.15) is 60.4 Å². The Bertz CT molecular complexity index is 1250. The first-order chi connectivity index (χ1) is 15.9. The summed E-state index contributed by atoms with van der Waals surface area (Å²) >= 11 is 0. The molecule has 2 aliphatic rings. The number of hydrogen-bond donors (Lipinski definition) is 0. The van der Waals surface area contributed by atoms with Crippen molar-refractivity contribution in [3.05, 3.63) is 100 Å². The van der Waals surface area contributed by atoms with Crippen molar-refractivity contribution in [3.8, 4) is 5.75 Å². The Kier molecular flexibility index (Phi) is 5.16. The normalized spacial score (nSPS) is 18.5. The summed E-state index contributed by atoms with van der Waals surface area (Å²) in [6.07, 6.45) is 1.61. The lowest BCUT2D eigenvalue weighted by Gasteiger charge is -2.30. The van der Waals surface area contributed by atoms with Gasteiger partial charge in [0.05, 0.1) is 12.5 Å². The fourth-order valence-corrected chi connectivity index (χ4v) is 5.80. The first kappa shape index (κ1) is 21.5. The summed E-state index contributed by atoms with van der Waals surface area (Å²) in [5, 5.41) is 0. The van der Waals surface area contributed by atoms with Crippen molar-refractivity contribution in [2.45, 2.75) is 46.5 Å². The molecule has 1 saturated heterocycles. The molecule has 0 saturated carbocycles. The van der Waals surface area contributed by atoms with E-state index in [1.54, 1.807) is 7.11 Å². The van der Waals surface area contributed by atoms with E-state index >= 15 is 0 Å². The van der Waals surface area contributed by atoms with Crippen LogP contribution >= 0.6 is 0 Å². The lowest BCUT2D eigenvalue weighted by atomic mass is 9.70. The Morgan fingerprint density at radius 1 is 0.879 bits per heavy atom. The number of carbonyl (C=O) groups excluding carboxylic acids is 1. The van der Waals surface area contributed by atoms with Crippen LogP contribution in [0.4, 0.5) is 5.69 Å². The highest BCUT2D eigenvalue weighted by Gasteiger charge is 2.59. The van der Waals surface area contributed by atoms with Gasteiger partial charge in [0.1, 0.15) is 5.75 Å². The van der Waals surface area contributed by atoms with Crippen LogP contribution in [-0.4, -0.2) is 13.0 Å². The van der Waals surface area contributed by atoms with E-state index in [2.05, 4.69) is 70.2 Å². The van der Waals surface area contributed by atoms with Crippen molar-refractivity contribution in [2.75, 3.05) is 12.0 Å². The van der Waals surface area contributed by atoms with Gasteiger partial charge in [-0.1, -0.05) is 67.4 Å². The molecule has 33 heavy (non-hydrogen) atoms. The quantitative estimate of drug-likeness (QED) is 0.429. The fourth-order valence-electron chi connectivity index (χ4n) is 5.80. The molecular formula is C30H31NO2. The van der Waals surface area contributed by atoms with Gasteiger partial charge in [0.25, 0.3) is 0 Å². The van der Waals surface area contributed by atoms with E-state index in [0.717, 1.165) is 30.0 Å². The molecule has 0 radical (unpaired) electrons. The zero-order chi connectivity index (χ0) is 23.3. The molecule has 3 heteroatoms. The lowest BCUT2D eigenvalue weighted by molar-refractivity contribution is -0.126. The molecule has 1 aliphatic carbocycles. The molecule has 5 rings (SSSR count). The summed E-state index contributed by atoms with van der Waals surface area (Å²) in [6.45, 7) is 8.58. The van der Waals surface area contributed by atoms with Gasteiger partial charge in [0, 0.05) is 22.9 Å². The molecule has 0 N–H and O–H groups in total. The number of amides is 1. The first-order valence-corrected chi connectivity index (χ1v) is 11.9. The molecule has 1 unspecified atom stereocenters. The smallest absolute Gasteiger partial charge is 0.238 e. The lowest BCUT2D eigenvalue weighted by Crippen LogP contribution is -2.35. The van der Waals surface area contributed by atoms with Crippen molar-refractivity contribution >= 4 is 17.2 Å². The maximum Gasteiger partial charge on any atom is 0.238 e. The highest BCUT2D eigenvalue weighted by Crippen LogP contribution is 2.62. The highest BCUT2D eigenvalue weighted by molar-refractivity contribution is 6.11. The van der Waals surface area contributed by atoms with Gasteiger partial charge < -0.3 is 4.74 Å². The maximum absolute atomic E-state index is 14.2. The van der Waals surface area contributed by atoms with Crippen molar-refractivity contribution in [1.29, 1.82) is 0 Å². The van der Waals surface area contributed by atoms with E-state index in [-0.39, 0.29) is 11.8 Å². The van der Waals surface area contributed by atoms with Crippen LogP contribution < -0.4 is 9.64 Å². The Labute approximate surface area is 196 Å². The number of nitrogens with zero attached hydrogens (tertiary/aromatic N) is 1. The Hall–Kier alpha value is -3.33. The van der Waals surface area contributed by atoms with E-state index in [0.29, 0.717) is 0 Å². The second-order valence-electron chi connectivity index (χ2n) is 9.35. The molecule has 0 aromatic heterocycles. The molecule has 1 fully saturated rings. The van der Waals surface area contributed by atoms with E-state index in [1.165, 1.54) is 33.4 Å². The first-order valence-electron chi connectivity index (χ1n) is 11.9. The standard InChI is InChI=1S/C30H31NO2/c1-6-30(7-2)27-24-17-10-20(4)18-25(24)26(21-11-8-19(3)9-12-21)28(27)31(29(30)32)22-13-15-23(33-5)16-14-22/h8-18,27H,6-7H2,1-5H3. The van der Waals surface area contributed by atoms with E-state index in [9.17, 15) is 4.79 Å². The van der Waals surface area contributed by atoms with E-state index in [4.69, 9.17) is 4.74 Å². The zero-order valence-corrected chi connectivity index (χ0v) is 20.1. The molecule has 3 aromatic carbocycles. The molecule has 1 heterocycles. The fraction of sp³-hybridized carbons (Fsp3) is 0.300. The highest BCUT2D eigenvalue weighted by atomic mass is 16.5. The van der Waals surface area contributed by atoms with Crippen LogP contribution in [0, 0.1) is 19.3 Å². The maximum atomic E-state index is 14.2. The molecule has 1 amide bonds. The van der Waals surface area contributed by atoms with Crippen LogP contribution in [0.15, 0.2) is 72.4 Å². The predicted octanol–water partition coefficient (Wildman–Crippen LogP) is 7.02. The number of fused-ring (bicyclic) bond motifs is 3. The number of rotatable bonds is 5. The van der Waals surface area contributed by atoms with E-state index in [1.807, 2.05) is 29.2 Å². The molecular weight excluding hydrogens is 406 g/mol. The Morgan fingerprint density at radius 2 is 1.52 bits per heavy atom. The van der Waals surface area contributed by atoms with Gasteiger partial charge in [-0.05, 0) is 67.6 Å². The van der Waals surface area contributed by atoms with Crippen LogP contribution in [0.2, 0.25) is 0 Å². The number of methoxy groups -OCH3 is 1. The number of anilines is 1. The van der Waals surface area contributed by atoms with Crippen LogP contribution in [0.3, 0.4) is 0 Å². The van der Waals surface area contributed by atoms with Gasteiger partial charge in [-0.3, -0.25) is 9.69 Å². The molecule has 0 spiro atoms. The zero-order valence-electron chi connectivity index (χ0n) is 20.1. The summed E-state index contributed by atoms with van der Waals surface area (Å²) < 4.78 is 5.38. The largest absolute Gasteiger partial charge is 0.497 e. The molecule has 1 atom stereocenters. The number of allylic oxidation sites excluding steroid dienone is 1. The average molecular weight is 438 g/mol. The van der Waals surface area contributed by atoms with Gasteiger partial charge in [0.15, 0.2) is 0 Å². The minimum absolute atomic E-state index is 0.0500. The molecule has 168 valence electrons. The average Bonchev–Trinajstić information content (AvgIpc) is 3.28. The second-order valence-corrected chi connectivity index (χ2v) is 9.35. The van der Waals surface area contributed by atoms with Crippen molar-refractivity contribution in [2.24, 2.45) is 5.41 Å². The third-order valence-corrected chi connectivity index (χ3v) is 7.67. The van der Waals surface area contributed by atoms with Gasteiger partial charge in [-0.15, -0.1) is 0 Å². The van der Waals surface area contributed by atoms with Crippen molar-refractivity contribution in [3.63, 3.8) is 0 Å². The summed E-state index contributed by atoms with van der Waals surface area (Å²) in [5.74, 6) is 1.04. The minimum Gasteiger partial charge on any atom is -0.497 e. The minimum atomic E-state index is -0.453. The number of carbonyl (C=O) groups is 1. The van der Waals surface area contributed by atoms with Gasteiger partial charge in [-0.25, -0.2) is 0 Å². The van der Waals surface area contributed by atoms with Gasteiger partial charge >= 0.3 is 0 Å². The van der Waals surface area contributed by atoms with E-state index < -0.39 is 5.41 Å². The Balaban J connectivity index is 1.84. The summed E-state index contributed by atoms with van der Waals surface area (Å²) in [6, 6.07) is 23.3. The summed E-state index contributed by atoms with van der Waals surface area (Å²) in [5.41, 5.74) is 8.93. The SMILES string of the molecule is CCC1(CC)C(=O)N(c2ccc(OC)cc2)C2=C(c3ccc(C)cc3)c3cc(C)ccc3C21. The number of benzene rings is 3. The van der Waals surface area contributed by atoms with Gasteiger partial charge in [-0.2, -0.15) is 0 Å². The van der Waals surface area contributed by atoms with Crippen LogP contribution in [-0.2, 0) is 4.79 Å². The third-order valence-electron chi connectivity index (χ3n) is 7.67. The molecule has 3 nitrogen and oxygen atoms in total. The Morgan fingerprint density at radius 3 is 2.12 bits per heavy atom. The molecule has 1 aliphatic heterocycles. The van der Waals surface area contributed by atoms with Crippen molar-refractivity contribution < 1.29 is 9.53 Å². The number of hydrogen-bond acceptors (Lipinski definition) is 2. The van der Waals surface area contributed by atoms with Crippen LogP contribution in [0.25, 0.3) is 5.57 Å². The monoisotopic (exact) mass is 437 g/mol. The molecule has 3 aromatic rings. The number of aryl methyl sites for hydroxylation is 2. The summed E-state index contributed by atoms with van der Waals surface area (Å²) in [4.78, 5) is 16.2. The molecule has 0 bridgehead atoms. The van der Waals surface area contributed by atoms with Gasteiger partial charge in [0.2, 0.25) is 5.91 Å². The van der Waals surface area contributed by atoms with Crippen LogP contribution in [0.5, 0.6) is 5.75 Å². The second kappa shape index (κ2) is 7.91. The predicted molar refractivity (Wildman–Crippen MR) is 135 cm³/mol. The number of ether oxygens (including phenoxy) is 1. The third kappa shape index (κ3) is 3.06. The van der Waals surface area contributed by atoms with Crippen molar-refractivity contribution in [1.82, 2.24) is 0 Å². The topological polar surface area (TPSA) is 29.5 Å². The summed E-state index contributed by atoms with van der Waals surface area (Å²) in [7, 11) is 1.67.